The van der Waals surface area contributed by atoms with Crippen molar-refractivity contribution < 1.29 is 18.3 Å². The topological polar surface area (TPSA) is 59.8 Å². The van der Waals surface area contributed by atoms with Gasteiger partial charge in [0.25, 0.3) is 0 Å². The average molecular weight is 822 g/mol. The van der Waals surface area contributed by atoms with E-state index in [1.54, 1.807) is 24.1 Å². The third-order valence-corrected chi connectivity index (χ3v) is 9.70. The van der Waals surface area contributed by atoms with Gasteiger partial charge in [-0.3, -0.25) is 4.72 Å². The molecular weight excluding hydrogens is 753 g/mol. The molecule has 0 fully saturated rings. The van der Waals surface area contributed by atoms with E-state index in [-0.39, 0.29) is 17.4 Å². The minimum absolute atomic E-state index is 0.260. The lowest BCUT2D eigenvalue weighted by Crippen LogP contribution is -2.31. The van der Waals surface area contributed by atoms with Gasteiger partial charge in [0.05, 0.1) is 0 Å². The summed E-state index contributed by atoms with van der Waals surface area (Å²) < 4.78 is 43.6. The highest BCUT2D eigenvalue weighted by Gasteiger charge is 2.12. The van der Waals surface area contributed by atoms with E-state index in [1.165, 1.54) is 31.4 Å². The number of thiol groups is 1. The van der Waals surface area contributed by atoms with Gasteiger partial charge < -0.3 is 20.1 Å². The number of ether oxygens (including phenoxy) is 2. The number of unbranched alkanes of at least 4 members (excludes halogenated alkanes) is 2. The third kappa shape index (κ3) is 19.6. The smallest absolute Gasteiger partial charge is 0.166 e. The fourth-order valence-corrected chi connectivity index (χ4v) is 6.23. The van der Waals surface area contributed by atoms with Crippen LogP contribution in [0.4, 0.5) is 8.78 Å². The van der Waals surface area contributed by atoms with Crippen molar-refractivity contribution >= 4 is 30.7 Å². The number of hydrogen-bond donors (Lipinski definition) is 3. The maximum Gasteiger partial charge on any atom is 0.166 e. The number of nitrogens with two attached hydrogens (primary N) is 1. The lowest BCUT2D eigenvalue weighted by atomic mass is 10.0. The van der Waals surface area contributed by atoms with E-state index in [9.17, 15) is 8.78 Å². The van der Waals surface area contributed by atoms with Gasteiger partial charge in [0.1, 0.15) is 11.5 Å². The Morgan fingerprint density at radius 2 is 1.35 bits per heavy atom. The number of allylic oxidation sites excluding steroid dienone is 2. The number of nitrogens with zero attached hydrogens (tertiary/aromatic N) is 1. The summed E-state index contributed by atoms with van der Waals surface area (Å²) in [5.74, 6) is 1.09. The molecule has 0 spiro atoms. The quantitative estimate of drug-likeness (QED) is 0.0379. The molecule has 0 bridgehead atoms. The van der Waals surface area contributed by atoms with Gasteiger partial charge in [-0.2, -0.15) is 0 Å². The highest BCUT2D eigenvalue weighted by atomic mass is 32.2. The SMILES string of the molecule is C=C(C)/C(C)=C/c1cc(C)c(Oc2ccc(SNCCN(CCC)CCCCCN)cc2)c(F)c1.CC.CC.CCc1cc(C)c(Oc2ccc(S)cc2)c(F)c1. The highest BCUT2D eigenvalue weighted by Crippen LogP contribution is 2.32. The first-order chi connectivity index (χ1) is 27.4. The largest absolute Gasteiger partial charge is 0.454 e. The summed E-state index contributed by atoms with van der Waals surface area (Å²) in [6, 6.07) is 21.8. The van der Waals surface area contributed by atoms with E-state index < -0.39 is 0 Å². The molecule has 0 atom stereocenters. The summed E-state index contributed by atoms with van der Waals surface area (Å²) in [7, 11) is 0. The first-order valence-electron chi connectivity index (χ1n) is 20.4. The first-order valence-corrected chi connectivity index (χ1v) is 21.7. The van der Waals surface area contributed by atoms with Crippen molar-refractivity contribution in [2.75, 3.05) is 32.7 Å². The van der Waals surface area contributed by atoms with Crippen molar-refractivity contribution in [2.45, 2.75) is 111 Å². The molecule has 5 nitrogen and oxygen atoms in total. The highest BCUT2D eigenvalue weighted by molar-refractivity contribution is 7.97. The zero-order chi connectivity index (χ0) is 42.8. The molecule has 0 heterocycles. The third-order valence-electron chi connectivity index (χ3n) is 8.54. The second-order valence-electron chi connectivity index (χ2n) is 13.2. The summed E-state index contributed by atoms with van der Waals surface area (Å²) in [6.45, 7) is 28.8. The Hall–Kier alpha value is -3.60. The molecule has 0 saturated heterocycles. The minimum atomic E-state index is -0.370. The number of nitrogens with one attached hydrogen (secondary N) is 1. The number of rotatable bonds is 19. The molecule has 57 heavy (non-hydrogen) atoms. The minimum Gasteiger partial charge on any atom is -0.454 e. The lowest BCUT2D eigenvalue weighted by Gasteiger charge is -2.21. The fraction of sp³-hybridized carbons (Fsp3) is 0.417. The number of aryl methyl sites for hydroxylation is 3. The second-order valence-corrected chi connectivity index (χ2v) is 14.7. The molecule has 4 aromatic carbocycles. The molecule has 0 amide bonds. The second kappa shape index (κ2) is 29.6. The van der Waals surface area contributed by atoms with E-state index >= 15 is 0 Å². The van der Waals surface area contributed by atoms with E-state index in [0.29, 0.717) is 17.2 Å². The van der Waals surface area contributed by atoms with Crippen molar-refractivity contribution in [3.8, 4) is 23.0 Å². The fourth-order valence-electron chi connectivity index (χ4n) is 5.45. The Bertz CT molecular complexity index is 1720. The predicted octanol–water partition coefficient (Wildman–Crippen LogP) is 14.2. The van der Waals surface area contributed by atoms with Crippen LogP contribution in [0.1, 0.15) is 103 Å². The van der Waals surface area contributed by atoms with Crippen molar-refractivity contribution in [3.05, 3.63) is 124 Å². The van der Waals surface area contributed by atoms with Crippen molar-refractivity contribution in [2.24, 2.45) is 5.73 Å². The molecule has 0 aliphatic carbocycles. The van der Waals surface area contributed by atoms with Gasteiger partial charge in [-0.1, -0.05) is 72.3 Å². The molecule has 0 saturated carbocycles. The van der Waals surface area contributed by atoms with Crippen LogP contribution in [-0.2, 0) is 6.42 Å². The van der Waals surface area contributed by atoms with Gasteiger partial charge in [-0.05, 0) is 180 Å². The standard InChI is InChI=1S/C29H42FN3OS.C15H15FOS.2C2H6/c1-6-16-33(17-9-7-8-14-31)18-15-32-35-27-12-10-26(11-13-27)34-29-24(5)20-25(21-28(29)30)19-23(4)22(2)3;1-3-11-8-10(2)15(14(16)9-11)17-12-4-6-13(18)7-5-12;2*1-2/h10-13,19-21,32H,2,6-9,14-18,31H2,1,3-5H3;4-9,18H,3H2,1-2H3;2*1-2H3/b23-19+;;;. The monoisotopic (exact) mass is 821 g/mol. The maximum absolute atomic E-state index is 14.8. The van der Waals surface area contributed by atoms with Crippen LogP contribution < -0.4 is 19.9 Å². The van der Waals surface area contributed by atoms with Crippen LogP contribution >= 0.6 is 24.6 Å². The molecule has 0 radical (unpaired) electrons. The van der Waals surface area contributed by atoms with Gasteiger partial charge in [0.15, 0.2) is 23.1 Å². The zero-order valence-electron chi connectivity index (χ0n) is 36.2. The number of halogens is 2. The Balaban J connectivity index is 0.000000616. The van der Waals surface area contributed by atoms with Crippen LogP contribution in [0.3, 0.4) is 0 Å². The van der Waals surface area contributed by atoms with Crippen molar-refractivity contribution in [1.29, 1.82) is 0 Å². The first kappa shape index (κ1) is 51.4. The Labute approximate surface area is 354 Å². The van der Waals surface area contributed by atoms with Crippen molar-refractivity contribution in [3.63, 3.8) is 0 Å². The van der Waals surface area contributed by atoms with Crippen LogP contribution in [0.25, 0.3) is 6.08 Å². The summed E-state index contributed by atoms with van der Waals surface area (Å²) in [5, 5.41) is 0. The van der Waals surface area contributed by atoms with E-state index in [0.717, 1.165) is 88.8 Å². The van der Waals surface area contributed by atoms with Crippen LogP contribution in [0.2, 0.25) is 0 Å². The van der Waals surface area contributed by atoms with Crippen LogP contribution in [-0.4, -0.2) is 37.6 Å². The number of benzene rings is 4. The molecule has 3 N–H and O–H groups in total. The summed E-state index contributed by atoms with van der Waals surface area (Å²) >= 11 is 5.80. The molecule has 4 aromatic rings. The molecule has 4 rings (SSSR count). The van der Waals surface area contributed by atoms with E-state index in [1.807, 2.05) is 117 Å². The Morgan fingerprint density at radius 1 is 0.789 bits per heavy atom. The van der Waals surface area contributed by atoms with Gasteiger partial charge in [-0.15, -0.1) is 12.6 Å². The lowest BCUT2D eigenvalue weighted by molar-refractivity contribution is 0.273. The van der Waals surface area contributed by atoms with Gasteiger partial charge >= 0.3 is 0 Å². The summed E-state index contributed by atoms with van der Waals surface area (Å²) in [6.07, 6.45) is 7.43. The van der Waals surface area contributed by atoms with E-state index in [4.69, 9.17) is 15.2 Å². The van der Waals surface area contributed by atoms with Crippen LogP contribution in [0.5, 0.6) is 23.0 Å². The van der Waals surface area contributed by atoms with Gasteiger partial charge in [-0.25, -0.2) is 8.78 Å². The average Bonchev–Trinajstić information content (AvgIpc) is 3.20. The molecule has 9 heteroatoms. The molecule has 0 aliphatic rings. The normalized spacial score (nSPS) is 10.8. The van der Waals surface area contributed by atoms with Crippen molar-refractivity contribution in [1.82, 2.24) is 9.62 Å². The molecule has 0 aliphatic heterocycles. The summed E-state index contributed by atoms with van der Waals surface area (Å²) in [5.41, 5.74) is 10.9. The van der Waals surface area contributed by atoms with E-state index in [2.05, 4.69) is 35.8 Å². The molecule has 0 aromatic heterocycles. The maximum atomic E-state index is 14.8. The van der Waals surface area contributed by atoms with Gasteiger partial charge in [0.2, 0.25) is 0 Å². The Kier molecular flexibility index (Phi) is 26.7. The molecule has 0 unspecified atom stereocenters. The number of hydrogen-bond acceptors (Lipinski definition) is 7. The molecule has 314 valence electrons. The molecular formula is C48H69F2N3O2S2. The van der Waals surface area contributed by atoms with Crippen LogP contribution in [0, 0.1) is 25.5 Å². The summed E-state index contributed by atoms with van der Waals surface area (Å²) in [4.78, 5) is 4.45. The zero-order valence-corrected chi connectivity index (χ0v) is 37.9. The van der Waals surface area contributed by atoms with Gasteiger partial charge in [0, 0.05) is 22.9 Å². The van der Waals surface area contributed by atoms with Crippen LogP contribution in [0.15, 0.2) is 100 Å². The predicted molar refractivity (Wildman–Crippen MR) is 247 cm³/mol. The Morgan fingerprint density at radius 3 is 1.86 bits per heavy atom.